The van der Waals surface area contributed by atoms with Crippen LogP contribution in [0.1, 0.15) is 68.9 Å². The third kappa shape index (κ3) is 3.13. The van der Waals surface area contributed by atoms with Crippen LogP contribution in [-0.4, -0.2) is 16.6 Å². The Labute approximate surface area is 165 Å². The molecule has 5 heteroatoms. The van der Waals surface area contributed by atoms with Crippen molar-refractivity contribution in [1.82, 2.24) is 5.01 Å². The van der Waals surface area contributed by atoms with Gasteiger partial charge >= 0.3 is 0 Å². The van der Waals surface area contributed by atoms with E-state index >= 15 is 0 Å². The number of hydrogen-bond acceptors (Lipinski definition) is 4. The average molecular weight is 378 g/mol. The first-order valence-corrected chi connectivity index (χ1v) is 10.5. The first-order chi connectivity index (χ1) is 13.8. The molecule has 2 aromatic heterocycles. The van der Waals surface area contributed by atoms with Crippen molar-refractivity contribution in [3.63, 3.8) is 0 Å². The van der Waals surface area contributed by atoms with E-state index in [-0.39, 0.29) is 23.8 Å². The Morgan fingerprint density at radius 3 is 2.61 bits per heavy atom. The van der Waals surface area contributed by atoms with E-state index < -0.39 is 0 Å². The molecule has 28 heavy (non-hydrogen) atoms. The van der Waals surface area contributed by atoms with Crippen molar-refractivity contribution in [2.75, 3.05) is 0 Å². The number of rotatable bonds is 3. The fourth-order valence-electron chi connectivity index (χ4n) is 5.00. The normalized spacial score (nSPS) is 27.1. The van der Waals surface area contributed by atoms with Gasteiger partial charge in [0.05, 0.1) is 18.2 Å². The molecule has 2 aliphatic carbocycles. The van der Waals surface area contributed by atoms with Crippen molar-refractivity contribution >= 4 is 17.7 Å². The van der Waals surface area contributed by atoms with Crippen LogP contribution in [0.5, 0.6) is 0 Å². The predicted molar refractivity (Wildman–Crippen MR) is 106 cm³/mol. The lowest BCUT2D eigenvalue weighted by atomic mass is 9.79. The highest BCUT2D eigenvalue weighted by Gasteiger charge is 2.46. The highest BCUT2D eigenvalue weighted by molar-refractivity contribution is 6.08. The van der Waals surface area contributed by atoms with Crippen LogP contribution in [0.25, 0.3) is 6.08 Å². The zero-order valence-electron chi connectivity index (χ0n) is 16.0. The second-order valence-corrected chi connectivity index (χ2v) is 8.15. The summed E-state index contributed by atoms with van der Waals surface area (Å²) < 4.78 is 11.3. The fraction of sp³-hybridized carbons (Fsp3) is 0.478. The predicted octanol–water partition coefficient (Wildman–Crippen LogP) is 5.58. The number of allylic oxidation sites excluding steroid dienone is 1. The van der Waals surface area contributed by atoms with Gasteiger partial charge in [-0.1, -0.05) is 19.3 Å². The average Bonchev–Trinajstić information content (AvgIpc) is 3.48. The second-order valence-electron chi connectivity index (χ2n) is 8.15. The van der Waals surface area contributed by atoms with Crippen molar-refractivity contribution in [2.24, 2.45) is 16.9 Å². The standard InChI is InChI=1S/C23H26N2O3/c26-23(16-7-2-1-3-8-16)25-22(20-12-6-14-28-20)19-11-4-9-17(21(19)24-25)15-18-10-5-13-27-18/h5-6,10,12-16,19,22H,1-4,7-9,11H2/b17-15+/t19-,22+/m0/s1. The van der Waals surface area contributed by atoms with Gasteiger partial charge in [-0.15, -0.1) is 0 Å². The molecule has 0 bridgehead atoms. The molecule has 0 N–H and O–H groups in total. The number of hydrogen-bond donors (Lipinski definition) is 0. The summed E-state index contributed by atoms with van der Waals surface area (Å²) in [4.78, 5) is 13.4. The molecule has 0 radical (unpaired) electrons. The van der Waals surface area contributed by atoms with Gasteiger partial charge in [0, 0.05) is 11.8 Å². The van der Waals surface area contributed by atoms with Crippen LogP contribution in [-0.2, 0) is 4.79 Å². The molecule has 3 heterocycles. The SMILES string of the molecule is O=C(C1CCCCC1)N1N=C2/C(=C/c3ccco3)CCC[C@@H]2[C@@H]1c1ccco1. The highest BCUT2D eigenvalue weighted by Crippen LogP contribution is 2.45. The summed E-state index contributed by atoms with van der Waals surface area (Å²) in [5, 5.41) is 6.68. The van der Waals surface area contributed by atoms with E-state index in [4.69, 9.17) is 13.9 Å². The molecule has 3 aliphatic rings. The van der Waals surface area contributed by atoms with Crippen molar-refractivity contribution in [3.05, 3.63) is 53.9 Å². The van der Waals surface area contributed by atoms with E-state index in [0.717, 1.165) is 62.2 Å². The lowest BCUT2D eigenvalue weighted by Crippen LogP contribution is -2.36. The van der Waals surface area contributed by atoms with Crippen LogP contribution >= 0.6 is 0 Å². The maximum Gasteiger partial charge on any atom is 0.246 e. The summed E-state index contributed by atoms with van der Waals surface area (Å²) in [6.07, 6.45) is 14.0. The summed E-state index contributed by atoms with van der Waals surface area (Å²) in [6, 6.07) is 7.61. The third-order valence-corrected chi connectivity index (χ3v) is 6.38. The van der Waals surface area contributed by atoms with Crippen LogP contribution in [0, 0.1) is 11.8 Å². The van der Waals surface area contributed by atoms with Gasteiger partial charge in [0.15, 0.2) is 0 Å². The zero-order chi connectivity index (χ0) is 18.9. The maximum absolute atomic E-state index is 13.4. The quantitative estimate of drug-likeness (QED) is 0.701. The highest BCUT2D eigenvalue weighted by atomic mass is 16.3. The van der Waals surface area contributed by atoms with Crippen LogP contribution < -0.4 is 0 Å². The molecule has 2 fully saturated rings. The van der Waals surface area contributed by atoms with E-state index in [0.29, 0.717) is 0 Å². The molecule has 0 saturated heterocycles. The van der Waals surface area contributed by atoms with Gasteiger partial charge in [0.2, 0.25) is 5.91 Å². The van der Waals surface area contributed by atoms with Gasteiger partial charge in [-0.25, -0.2) is 5.01 Å². The number of carbonyl (C=O) groups is 1. The molecule has 1 aliphatic heterocycles. The number of hydrazone groups is 1. The van der Waals surface area contributed by atoms with E-state index in [2.05, 4.69) is 6.08 Å². The molecule has 0 unspecified atom stereocenters. The van der Waals surface area contributed by atoms with E-state index in [1.54, 1.807) is 17.5 Å². The summed E-state index contributed by atoms with van der Waals surface area (Å²) in [5.41, 5.74) is 2.22. The van der Waals surface area contributed by atoms with Gasteiger partial charge in [-0.3, -0.25) is 4.79 Å². The zero-order valence-corrected chi connectivity index (χ0v) is 16.0. The van der Waals surface area contributed by atoms with Crippen molar-refractivity contribution in [3.8, 4) is 0 Å². The molecule has 5 nitrogen and oxygen atoms in total. The van der Waals surface area contributed by atoms with Crippen molar-refractivity contribution in [1.29, 1.82) is 0 Å². The molecule has 146 valence electrons. The summed E-state index contributed by atoms with van der Waals surface area (Å²) in [7, 11) is 0. The molecule has 1 amide bonds. The van der Waals surface area contributed by atoms with Crippen LogP contribution in [0.2, 0.25) is 0 Å². The lowest BCUT2D eigenvalue weighted by molar-refractivity contribution is -0.139. The lowest BCUT2D eigenvalue weighted by Gasteiger charge is -2.30. The van der Waals surface area contributed by atoms with Crippen LogP contribution in [0.4, 0.5) is 0 Å². The van der Waals surface area contributed by atoms with Gasteiger partial charge in [-0.2, -0.15) is 5.10 Å². The summed E-state index contributed by atoms with van der Waals surface area (Å²) >= 11 is 0. The summed E-state index contributed by atoms with van der Waals surface area (Å²) in [5.74, 6) is 2.12. The summed E-state index contributed by atoms with van der Waals surface area (Å²) in [6.45, 7) is 0. The first kappa shape index (κ1) is 17.5. The minimum Gasteiger partial charge on any atom is -0.467 e. The number of fused-ring (bicyclic) bond motifs is 1. The van der Waals surface area contributed by atoms with Gasteiger partial charge in [-0.05, 0) is 68.0 Å². The maximum atomic E-state index is 13.4. The van der Waals surface area contributed by atoms with Crippen molar-refractivity contribution in [2.45, 2.75) is 57.4 Å². The number of furan rings is 2. The van der Waals surface area contributed by atoms with Crippen LogP contribution in [0.3, 0.4) is 0 Å². The minimum absolute atomic E-state index is 0.0909. The number of carbonyl (C=O) groups excluding carboxylic acids is 1. The third-order valence-electron chi connectivity index (χ3n) is 6.38. The Kier molecular flexibility index (Phi) is 4.67. The molecular weight excluding hydrogens is 352 g/mol. The van der Waals surface area contributed by atoms with Gasteiger partial charge in [0.1, 0.15) is 17.6 Å². The second kappa shape index (κ2) is 7.46. The molecule has 2 aromatic rings. The van der Waals surface area contributed by atoms with E-state index in [1.807, 2.05) is 24.3 Å². The molecule has 0 spiro atoms. The molecular formula is C23H26N2O3. The van der Waals surface area contributed by atoms with Crippen LogP contribution in [0.15, 0.2) is 56.3 Å². The van der Waals surface area contributed by atoms with E-state index in [1.165, 1.54) is 12.0 Å². The minimum atomic E-state index is -0.125. The largest absolute Gasteiger partial charge is 0.467 e. The van der Waals surface area contributed by atoms with Gasteiger partial charge in [0.25, 0.3) is 0 Å². The first-order valence-electron chi connectivity index (χ1n) is 10.5. The Balaban J connectivity index is 1.51. The number of amides is 1. The molecule has 2 saturated carbocycles. The monoisotopic (exact) mass is 378 g/mol. The molecule has 2 atom stereocenters. The Morgan fingerprint density at radius 1 is 1.04 bits per heavy atom. The Bertz CT molecular complexity index is 873. The number of nitrogens with zero attached hydrogens (tertiary/aromatic N) is 2. The van der Waals surface area contributed by atoms with Gasteiger partial charge < -0.3 is 8.83 Å². The molecule has 5 rings (SSSR count). The van der Waals surface area contributed by atoms with E-state index in [9.17, 15) is 4.79 Å². The Hall–Kier alpha value is -2.56. The molecule has 0 aromatic carbocycles. The Morgan fingerprint density at radius 2 is 1.86 bits per heavy atom. The smallest absolute Gasteiger partial charge is 0.246 e. The topological polar surface area (TPSA) is 59.0 Å². The van der Waals surface area contributed by atoms with Crippen molar-refractivity contribution < 1.29 is 13.6 Å². The fourth-order valence-corrected chi connectivity index (χ4v) is 5.00.